The summed E-state index contributed by atoms with van der Waals surface area (Å²) in [7, 11) is 0. The number of carbonyl (C=O) groups excluding carboxylic acids is 3. The highest BCUT2D eigenvalue weighted by molar-refractivity contribution is 8.05. The molecule has 2 aliphatic heterocycles. The van der Waals surface area contributed by atoms with Gasteiger partial charge in [0.2, 0.25) is 23.0 Å². The van der Waals surface area contributed by atoms with Crippen LogP contribution in [-0.2, 0) is 35.3 Å². The maximum atomic E-state index is 14.2. The lowest BCUT2D eigenvalue weighted by Gasteiger charge is -2.53. The number of nitrogens with two attached hydrogens (primary N) is 2. The molecule has 2 aromatic heterocycles. The van der Waals surface area contributed by atoms with Crippen LogP contribution in [-0.4, -0.2) is 93.8 Å². The van der Waals surface area contributed by atoms with Crippen LogP contribution in [0.15, 0.2) is 119 Å². The Hall–Kier alpha value is -5.63. The molecule has 62 heavy (non-hydrogen) atoms. The van der Waals surface area contributed by atoms with E-state index in [1.165, 1.54) is 28.4 Å². The number of carboxylic acid groups (broad SMARTS) is 1. The number of β-lactam (4-membered cyclic amide) rings is 1. The highest BCUT2D eigenvalue weighted by atomic mass is 32.2. The minimum atomic E-state index is -1.31. The molecule has 7 rings (SSSR count). The van der Waals surface area contributed by atoms with E-state index in [0.717, 1.165) is 44.6 Å². The predicted molar refractivity (Wildman–Crippen MR) is 244 cm³/mol. The number of nitrogen functional groups attached to an aromatic ring is 1. The summed E-state index contributed by atoms with van der Waals surface area (Å²) in [5, 5.41) is 17.4. The Morgan fingerprint density at radius 3 is 2.05 bits per heavy atom. The topological polar surface area (TPSA) is 225 Å². The van der Waals surface area contributed by atoms with Crippen molar-refractivity contribution in [1.29, 1.82) is 0 Å². The maximum absolute atomic E-state index is 14.2. The molecule has 3 aromatic carbocycles. The Morgan fingerprint density at radius 2 is 1.56 bits per heavy atom. The number of hydrogen-bond acceptors (Lipinski definition) is 15. The Bertz CT molecular complexity index is 2290. The van der Waals surface area contributed by atoms with E-state index in [2.05, 4.69) is 36.5 Å². The fraction of sp³-hybridized carbons (Fsp3) is 0.302. The lowest BCUT2D eigenvalue weighted by molar-refractivity contribution is -0.151. The zero-order chi connectivity index (χ0) is 44.5. The maximum Gasteiger partial charge on any atom is 0.405 e. The smallest absolute Gasteiger partial charge is 0.405 e. The lowest BCUT2D eigenvalue weighted by atomic mass is 9.80. The molecule has 0 spiro atoms. The Balaban J connectivity index is 0.000000730. The minimum Gasteiger partial charge on any atom is -0.480 e. The number of pyridine rings is 1. The number of benzene rings is 3. The molecule has 0 aliphatic carbocycles. The van der Waals surface area contributed by atoms with Gasteiger partial charge in [-0.2, -0.15) is 21.1 Å². The van der Waals surface area contributed by atoms with Crippen molar-refractivity contribution >= 4 is 81.5 Å². The summed E-state index contributed by atoms with van der Waals surface area (Å²) < 4.78 is 7.54. The lowest BCUT2D eigenvalue weighted by Crippen LogP contribution is -2.74. The summed E-state index contributed by atoms with van der Waals surface area (Å²) in [5.74, 6) is -0.480. The van der Waals surface area contributed by atoms with Gasteiger partial charge in [0.15, 0.2) is 5.13 Å². The van der Waals surface area contributed by atoms with Gasteiger partial charge in [0.1, 0.15) is 21.8 Å². The number of oxime groups is 1. The number of anilines is 1. The van der Waals surface area contributed by atoms with E-state index in [0.29, 0.717) is 5.75 Å². The molecular formula is C43H46N8O7S4. The molecule has 0 saturated carbocycles. The minimum absolute atomic E-state index is 0.0346. The number of amides is 3. The number of fused-ring (bicyclic) bond motifs is 1. The number of rotatable bonds is 14. The Morgan fingerprint density at radius 1 is 0.968 bits per heavy atom. The molecule has 2 aliphatic rings. The highest BCUT2D eigenvalue weighted by Crippen LogP contribution is 2.47. The standard InChI is InChI=1S/C38H35N7O5S4.C5H11NO2/c1-2-51-21-27-28(19-12-20-40-27)53-37(35(48)49)22-45-33(47)30(34(45)52-23-37)41-32(46)29(31-42-36(39)54-44-31)43-50-38(24-13-6-3-7-14-24,25-15-8-4-9-16-25)26-17-10-5-11-18-26;1-5(2,3)8-4(6)7/h3-20,30,34H,2,21-23H2,1H3,(H,41,46)(H,48,49)(H2,39,42,44);1-3H3,(H2,6,7)/t30-,34-,37?;/m1./s1. The van der Waals surface area contributed by atoms with Crippen LogP contribution < -0.4 is 16.8 Å². The first-order valence-electron chi connectivity index (χ1n) is 19.3. The number of nitrogens with zero attached hydrogens (tertiary/aromatic N) is 5. The molecular weight excluding hydrogens is 869 g/mol. The highest BCUT2D eigenvalue weighted by Gasteiger charge is 2.58. The van der Waals surface area contributed by atoms with Gasteiger partial charge >= 0.3 is 12.1 Å². The van der Waals surface area contributed by atoms with E-state index < -0.39 is 51.2 Å². The molecule has 0 bridgehead atoms. The van der Waals surface area contributed by atoms with Crippen molar-refractivity contribution < 1.29 is 33.9 Å². The second kappa shape index (κ2) is 20.0. The summed E-state index contributed by atoms with van der Waals surface area (Å²) in [6, 6.07) is 31.3. The van der Waals surface area contributed by atoms with Crippen molar-refractivity contribution in [3.05, 3.63) is 138 Å². The second-order valence-electron chi connectivity index (χ2n) is 14.9. The molecule has 19 heteroatoms. The van der Waals surface area contributed by atoms with Crippen molar-refractivity contribution in [2.24, 2.45) is 10.9 Å². The van der Waals surface area contributed by atoms with Gasteiger partial charge in [-0.05, 0) is 38.7 Å². The number of carbonyl (C=O) groups is 4. The van der Waals surface area contributed by atoms with Crippen LogP contribution in [0.5, 0.6) is 0 Å². The van der Waals surface area contributed by atoms with E-state index in [-0.39, 0.29) is 29.0 Å². The average molecular weight is 915 g/mol. The van der Waals surface area contributed by atoms with Gasteiger partial charge < -0.3 is 36.4 Å². The van der Waals surface area contributed by atoms with Crippen LogP contribution in [0.2, 0.25) is 0 Å². The molecule has 2 fully saturated rings. The van der Waals surface area contributed by atoms with Crippen LogP contribution in [0.3, 0.4) is 0 Å². The SMILES string of the molecule is CC(C)(C)OC(N)=O.CCSCc1ncccc1SC1(C(=O)O)CS[C@@H]2[C@H](NC(=O)C(=NOC(c3ccccc3)(c3ccccc3)c3ccccc3)c3nsc(N)n3)C(=O)N2C1. The number of carboxylic acids is 1. The second-order valence-corrected chi connectivity index (χ2v) is 19.5. The summed E-state index contributed by atoms with van der Waals surface area (Å²) in [4.78, 5) is 68.3. The van der Waals surface area contributed by atoms with Crippen molar-refractivity contribution in [2.75, 3.05) is 23.8 Å². The molecule has 6 N–H and O–H groups in total. The molecule has 2 saturated heterocycles. The van der Waals surface area contributed by atoms with Crippen molar-refractivity contribution in [2.45, 2.75) is 65.7 Å². The van der Waals surface area contributed by atoms with Gasteiger partial charge in [0, 0.05) is 57.4 Å². The quantitative estimate of drug-likeness (QED) is 0.0411. The normalized spacial score (nSPS) is 18.6. The van der Waals surface area contributed by atoms with E-state index >= 15 is 0 Å². The van der Waals surface area contributed by atoms with Crippen molar-refractivity contribution in [3.63, 3.8) is 0 Å². The van der Waals surface area contributed by atoms with E-state index in [1.54, 1.807) is 44.8 Å². The Kier molecular flexibility index (Phi) is 14.8. The zero-order valence-corrected chi connectivity index (χ0v) is 37.6. The first kappa shape index (κ1) is 45.9. The molecule has 1 unspecified atom stereocenters. The van der Waals surface area contributed by atoms with Gasteiger partial charge in [-0.15, -0.1) is 23.5 Å². The van der Waals surface area contributed by atoms with E-state index in [9.17, 15) is 24.3 Å². The Labute approximate surface area is 376 Å². The predicted octanol–water partition coefficient (Wildman–Crippen LogP) is 6.38. The largest absolute Gasteiger partial charge is 0.480 e. The number of nitrogens with one attached hydrogen (secondary N) is 1. The van der Waals surface area contributed by atoms with Crippen LogP contribution in [0.4, 0.5) is 9.93 Å². The fourth-order valence-corrected chi connectivity index (χ4v) is 10.7. The van der Waals surface area contributed by atoms with Crippen LogP contribution in [0, 0.1) is 0 Å². The first-order chi connectivity index (χ1) is 29.7. The molecule has 15 nitrogen and oxygen atoms in total. The van der Waals surface area contributed by atoms with E-state index in [4.69, 9.17) is 16.3 Å². The number of aliphatic carboxylic acids is 1. The third-order valence-corrected chi connectivity index (χ3v) is 14.0. The first-order valence-corrected chi connectivity index (χ1v) is 23.1. The van der Waals surface area contributed by atoms with Crippen molar-refractivity contribution in [3.8, 4) is 0 Å². The van der Waals surface area contributed by atoms with E-state index in [1.807, 2.05) is 97.1 Å². The molecule has 4 heterocycles. The van der Waals surface area contributed by atoms with Gasteiger partial charge in [-0.1, -0.05) is 103 Å². The van der Waals surface area contributed by atoms with Gasteiger partial charge in [0.25, 0.3) is 5.91 Å². The molecule has 3 amide bonds. The van der Waals surface area contributed by atoms with Gasteiger partial charge in [-0.25, -0.2) is 4.79 Å². The summed E-state index contributed by atoms with van der Waals surface area (Å²) >= 11 is 5.13. The van der Waals surface area contributed by atoms with Gasteiger partial charge in [-0.3, -0.25) is 19.4 Å². The number of thioether (sulfide) groups is 3. The number of aromatic nitrogens is 3. The fourth-order valence-electron chi connectivity index (χ4n) is 6.64. The summed E-state index contributed by atoms with van der Waals surface area (Å²) in [6.07, 6.45) is 0.974. The third-order valence-electron chi connectivity index (χ3n) is 9.42. The van der Waals surface area contributed by atoms with Gasteiger partial charge in [0.05, 0.1) is 5.69 Å². The van der Waals surface area contributed by atoms with Crippen LogP contribution in [0.25, 0.3) is 0 Å². The zero-order valence-electron chi connectivity index (χ0n) is 34.3. The monoisotopic (exact) mass is 914 g/mol. The van der Waals surface area contributed by atoms with Crippen molar-refractivity contribution in [1.82, 2.24) is 24.6 Å². The van der Waals surface area contributed by atoms with Crippen LogP contribution >= 0.6 is 46.8 Å². The number of ether oxygens (including phenoxy) is 1. The average Bonchev–Trinajstić information content (AvgIpc) is 3.69. The third kappa shape index (κ3) is 10.5. The van der Waals surface area contributed by atoms with Crippen LogP contribution in [0.1, 0.15) is 55.9 Å². The summed E-state index contributed by atoms with van der Waals surface area (Å²) in [5.41, 5.74) is 11.7. The number of primary amides is 1. The molecule has 5 aromatic rings. The molecule has 3 atom stereocenters. The molecule has 324 valence electrons. The summed E-state index contributed by atoms with van der Waals surface area (Å²) in [6.45, 7) is 7.31. The molecule has 0 radical (unpaired) electrons. The number of hydrogen-bond donors (Lipinski definition) is 4.